The average Bonchev–Trinajstić information content (AvgIpc) is 3.40. The molecule has 4 heterocycles. The number of aromatic nitrogens is 4. The van der Waals surface area contributed by atoms with Gasteiger partial charge in [-0.2, -0.15) is 4.39 Å². The largest absolute Gasteiger partial charge is 0.394 e. The van der Waals surface area contributed by atoms with Crippen LogP contribution in [0.3, 0.4) is 0 Å². The van der Waals surface area contributed by atoms with Crippen LogP contribution in [-0.2, 0) is 9.47 Å². The van der Waals surface area contributed by atoms with Crippen molar-refractivity contribution < 1.29 is 29.2 Å². The smallest absolute Gasteiger partial charge is 0.330 e. The fraction of sp³-hybridized carbons (Fsp3) is 0.474. The molecule has 2 aliphatic heterocycles. The molecule has 13 nitrogen and oxygen atoms in total. The lowest BCUT2D eigenvalue weighted by molar-refractivity contribution is -0.0462. The molecule has 5 atom stereocenters. The van der Waals surface area contributed by atoms with E-state index in [1.54, 1.807) is 24.1 Å². The zero-order valence-corrected chi connectivity index (χ0v) is 17.4. The first-order valence-corrected chi connectivity index (χ1v) is 9.86. The van der Waals surface area contributed by atoms with Crippen LogP contribution in [0.5, 0.6) is 0 Å². The van der Waals surface area contributed by atoms with Gasteiger partial charge in [0.2, 0.25) is 5.82 Å². The summed E-state index contributed by atoms with van der Waals surface area (Å²) in [6.45, 7) is 1.07. The molecule has 0 saturated carbocycles. The van der Waals surface area contributed by atoms with E-state index in [2.05, 4.69) is 4.98 Å². The monoisotopic (exact) mass is 470 g/mol. The summed E-state index contributed by atoms with van der Waals surface area (Å²) in [6.07, 6.45) is 1.92. The van der Waals surface area contributed by atoms with Crippen LogP contribution in [0.15, 0.2) is 43.7 Å². The highest BCUT2D eigenvalue weighted by atomic mass is 19.1. The van der Waals surface area contributed by atoms with E-state index in [0.717, 1.165) is 10.8 Å². The molecule has 0 aromatic carbocycles. The van der Waals surface area contributed by atoms with E-state index < -0.39 is 65.7 Å². The summed E-state index contributed by atoms with van der Waals surface area (Å²) >= 11 is 0. The van der Waals surface area contributed by atoms with E-state index in [0.29, 0.717) is 5.56 Å². The van der Waals surface area contributed by atoms with Crippen LogP contribution in [-0.4, -0.2) is 65.9 Å². The number of hydrogen-bond acceptors (Lipinski definition) is 9. The molecule has 0 bridgehead atoms. The Morgan fingerprint density at radius 3 is 2.27 bits per heavy atom. The number of rotatable bonds is 4. The number of H-pyrrole nitrogens is 2. The molecular formula is C19H23FN4O9. The summed E-state index contributed by atoms with van der Waals surface area (Å²) in [4.78, 5) is 48.9. The highest BCUT2D eigenvalue weighted by molar-refractivity contribution is 5.06. The molecule has 0 amide bonds. The lowest BCUT2D eigenvalue weighted by Gasteiger charge is -2.14. The Balaban J connectivity index is 0.000000186. The van der Waals surface area contributed by atoms with E-state index >= 15 is 0 Å². The maximum Gasteiger partial charge on any atom is 0.330 e. The van der Waals surface area contributed by atoms with Crippen LogP contribution in [0, 0.1) is 12.7 Å². The van der Waals surface area contributed by atoms with E-state index in [9.17, 15) is 28.7 Å². The van der Waals surface area contributed by atoms with Crippen LogP contribution >= 0.6 is 0 Å². The number of ether oxygens (including phenoxy) is 2. The minimum absolute atomic E-state index is 0.0383. The zero-order chi connectivity index (χ0) is 24.3. The van der Waals surface area contributed by atoms with Gasteiger partial charge in [0.1, 0.15) is 18.4 Å². The topological polar surface area (TPSA) is 189 Å². The number of nitrogens with zero attached hydrogens (tertiary/aromatic N) is 2. The summed E-state index contributed by atoms with van der Waals surface area (Å²) in [5, 5.41) is 27.2. The highest BCUT2D eigenvalue weighted by Crippen LogP contribution is 2.27. The summed E-state index contributed by atoms with van der Waals surface area (Å²) in [5.74, 6) is -1.12. The number of halogens is 1. The molecule has 4 rings (SSSR count). The van der Waals surface area contributed by atoms with Crippen molar-refractivity contribution in [2.75, 3.05) is 13.2 Å². The molecule has 1 saturated heterocycles. The summed E-state index contributed by atoms with van der Waals surface area (Å²) in [7, 11) is 0. The second kappa shape index (κ2) is 10.2. The molecule has 0 spiro atoms. The van der Waals surface area contributed by atoms with Gasteiger partial charge in [0.15, 0.2) is 6.23 Å². The molecule has 33 heavy (non-hydrogen) atoms. The molecule has 14 heteroatoms. The Hall–Kier alpha value is -3.17. The average molecular weight is 470 g/mol. The first-order chi connectivity index (χ1) is 15.6. The SMILES string of the molecule is Cc1cn([C@H]2C=C[C@@H](CO)O2)c(=O)[nH]c1=O.O=c1[nH]c(=O)n([C@H]2C[C@H](O)[C@@H](CO)O2)cc1F. The van der Waals surface area contributed by atoms with E-state index in [-0.39, 0.29) is 13.0 Å². The standard InChI is InChI=1S/C10H12N2O4.C9H11FN2O5/c1-6-4-12(10(15)11-9(6)14)8-3-2-7(5-13)16-8;10-4-2-12(9(16)11-8(4)15)7-1-5(14)6(3-13)17-7/h2-4,7-8,13H,5H2,1H3,(H,11,14,15);2,5-7,13-14H,1,3H2,(H,11,15,16)/t7-,8+;5-,6+,7+/m00/s1. The van der Waals surface area contributed by atoms with Crippen molar-refractivity contribution in [1.29, 1.82) is 0 Å². The van der Waals surface area contributed by atoms with Gasteiger partial charge >= 0.3 is 11.4 Å². The first-order valence-electron chi connectivity index (χ1n) is 9.86. The fourth-order valence-electron chi connectivity index (χ4n) is 3.25. The number of hydrogen-bond donors (Lipinski definition) is 5. The zero-order valence-electron chi connectivity index (χ0n) is 17.4. The van der Waals surface area contributed by atoms with E-state index in [1.165, 1.54) is 10.8 Å². The molecule has 0 radical (unpaired) electrons. The summed E-state index contributed by atoms with van der Waals surface area (Å²) in [6, 6.07) is 0. The molecule has 5 N–H and O–H groups in total. The fourth-order valence-corrected chi connectivity index (χ4v) is 3.25. The van der Waals surface area contributed by atoms with Gasteiger partial charge in [0.05, 0.1) is 25.5 Å². The van der Waals surface area contributed by atoms with E-state index in [4.69, 9.17) is 19.7 Å². The number of aromatic amines is 2. The highest BCUT2D eigenvalue weighted by Gasteiger charge is 2.35. The third-order valence-electron chi connectivity index (χ3n) is 5.02. The van der Waals surface area contributed by atoms with Gasteiger partial charge in [-0.25, -0.2) is 9.59 Å². The summed E-state index contributed by atoms with van der Waals surface area (Å²) < 4.78 is 25.7. The molecule has 1 fully saturated rings. The minimum atomic E-state index is -1.12. The third-order valence-corrected chi connectivity index (χ3v) is 5.02. The van der Waals surface area contributed by atoms with Gasteiger partial charge in [-0.15, -0.1) is 0 Å². The van der Waals surface area contributed by atoms with Gasteiger partial charge < -0.3 is 24.8 Å². The van der Waals surface area contributed by atoms with Crippen molar-refractivity contribution >= 4 is 0 Å². The van der Waals surface area contributed by atoms with Crippen LogP contribution < -0.4 is 22.5 Å². The van der Waals surface area contributed by atoms with Crippen molar-refractivity contribution in [1.82, 2.24) is 19.1 Å². The first kappa shape index (κ1) is 24.5. The van der Waals surface area contributed by atoms with Gasteiger partial charge in [0.25, 0.3) is 11.1 Å². The van der Waals surface area contributed by atoms with Crippen LogP contribution in [0.4, 0.5) is 4.39 Å². The summed E-state index contributed by atoms with van der Waals surface area (Å²) in [5.41, 5.74) is -2.43. The van der Waals surface area contributed by atoms with Crippen molar-refractivity contribution in [3.05, 3.63) is 77.6 Å². The van der Waals surface area contributed by atoms with Crippen LogP contribution in [0.1, 0.15) is 24.4 Å². The molecule has 2 aromatic rings. The maximum atomic E-state index is 13.0. The van der Waals surface area contributed by atoms with Crippen molar-refractivity contribution in [3.63, 3.8) is 0 Å². The third kappa shape index (κ3) is 5.43. The number of aryl methyl sites for hydroxylation is 1. The van der Waals surface area contributed by atoms with Gasteiger partial charge in [-0.05, 0) is 13.0 Å². The number of aliphatic hydroxyl groups is 3. The quantitative estimate of drug-likeness (QED) is 0.304. The Morgan fingerprint density at radius 2 is 1.67 bits per heavy atom. The Labute approximate surface area is 184 Å². The van der Waals surface area contributed by atoms with Crippen molar-refractivity contribution in [2.24, 2.45) is 0 Å². The molecule has 0 unspecified atom stereocenters. The lowest BCUT2D eigenvalue weighted by atomic mass is 10.2. The number of aliphatic hydroxyl groups excluding tert-OH is 3. The molecule has 2 aromatic heterocycles. The molecule has 180 valence electrons. The van der Waals surface area contributed by atoms with Crippen molar-refractivity contribution in [2.45, 2.75) is 44.1 Å². The normalized spacial score (nSPS) is 26.3. The molecular weight excluding hydrogens is 447 g/mol. The van der Waals surface area contributed by atoms with E-state index in [1.807, 2.05) is 0 Å². The second-order valence-electron chi connectivity index (χ2n) is 7.37. The van der Waals surface area contributed by atoms with Crippen LogP contribution in [0.25, 0.3) is 0 Å². The van der Waals surface area contributed by atoms with Gasteiger partial charge in [-0.3, -0.25) is 28.7 Å². The van der Waals surface area contributed by atoms with Gasteiger partial charge in [0, 0.05) is 18.2 Å². The predicted octanol–water partition coefficient (Wildman–Crippen LogP) is -2.39. The second-order valence-corrected chi connectivity index (χ2v) is 7.37. The van der Waals surface area contributed by atoms with Gasteiger partial charge in [-0.1, -0.05) is 6.08 Å². The molecule has 0 aliphatic carbocycles. The Bertz CT molecular complexity index is 1250. The number of nitrogens with one attached hydrogen (secondary N) is 2. The minimum Gasteiger partial charge on any atom is -0.394 e. The Morgan fingerprint density at radius 1 is 1.00 bits per heavy atom. The Kier molecular flexibility index (Phi) is 7.55. The lowest BCUT2D eigenvalue weighted by Crippen LogP contribution is -2.34. The molecule has 2 aliphatic rings. The predicted molar refractivity (Wildman–Crippen MR) is 109 cm³/mol. The van der Waals surface area contributed by atoms with Crippen LogP contribution in [0.2, 0.25) is 0 Å². The van der Waals surface area contributed by atoms with Crippen molar-refractivity contribution in [3.8, 4) is 0 Å². The maximum absolute atomic E-state index is 13.0.